The van der Waals surface area contributed by atoms with Crippen LogP contribution in [0.3, 0.4) is 0 Å². The summed E-state index contributed by atoms with van der Waals surface area (Å²) in [6.45, 7) is 0.796. The van der Waals surface area contributed by atoms with Crippen LogP contribution in [0, 0.1) is 0 Å². The van der Waals surface area contributed by atoms with Gasteiger partial charge in [-0.2, -0.15) is 0 Å². The number of hydrogen-bond donors (Lipinski definition) is 1. The fraction of sp³-hybridized carbons (Fsp3) is 0.421. The molecule has 1 aromatic carbocycles. The first kappa shape index (κ1) is 15.6. The average Bonchev–Trinajstić information content (AvgIpc) is 3.25. The van der Waals surface area contributed by atoms with E-state index in [1.807, 2.05) is 35.2 Å². The summed E-state index contributed by atoms with van der Waals surface area (Å²) in [4.78, 5) is 14.8. The summed E-state index contributed by atoms with van der Waals surface area (Å²) in [6.07, 6.45) is 6.73. The summed E-state index contributed by atoms with van der Waals surface area (Å²) < 4.78 is 5.52. The second-order valence-electron chi connectivity index (χ2n) is 6.60. The number of rotatable bonds is 2. The standard InChI is InChI=1S/C19H21ClN2O2/c20-14-8-6-13(7-9-14)17-4-2-11-22(17)19(23)21-16-3-1-5-18-15(16)10-12-24-18/h6-10,12,16-17H,1-5,11H2,(H,21,23). The number of benzene rings is 1. The van der Waals surface area contributed by atoms with Gasteiger partial charge in [0.25, 0.3) is 0 Å². The van der Waals surface area contributed by atoms with E-state index in [-0.39, 0.29) is 18.1 Å². The number of nitrogens with one attached hydrogen (secondary N) is 1. The molecule has 2 atom stereocenters. The van der Waals surface area contributed by atoms with Gasteiger partial charge in [-0.05, 0) is 49.4 Å². The average molecular weight is 345 g/mol. The number of urea groups is 1. The molecule has 2 amide bonds. The minimum absolute atomic E-state index is 0.0199. The van der Waals surface area contributed by atoms with Crippen molar-refractivity contribution in [2.75, 3.05) is 6.54 Å². The SMILES string of the molecule is O=C(NC1CCCc2occc21)N1CCCC1c1ccc(Cl)cc1. The highest BCUT2D eigenvalue weighted by molar-refractivity contribution is 6.30. The second kappa shape index (κ2) is 6.52. The van der Waals surface area contributed by atoms with Crippen LogP contribution < -0.4 is 5.32 Å². The lowest BCUT2D eigenvalue weighted by Crippen LogP contribution is -2.41. The van der Waals surface area contributed by atoms with E-state index < -0.39 is 0 Å². The van der Waals surface area contributed by atoms with Crippen LogP contribution in [-0.2, 0) is 6.42 Å². The van der Waals surface area contributed by atoms with Gasteiger partial charge in [0.05, 0.1) is 18.3 Å². The molecule has 1 aliphatic heterocycles. The van der Waals surface area contributed by atoms with Crippen molar-refractivity contribution in [3.8, 4) is 0 Å². The molecule has 4 nitrogen and oxygen atoms in total. The van der Waals surface area contributed by atoms with Gasteiger partial charge in [0, 0.05) is 23.6 Å². The number of furan rings is 1. The van der Waals surface area contributed by atoms with E-state index in [4.69, 9.17) is 16.0 Å². The quantitative estimate of drug-likeness (QED) is 0.845. The van der Waals surface area contributed by atoms with Crippen molar-refractivity contribution in [1.82, 2.24) is 10.2 Å². The number of nitrogens with zero attached hydrogens (tertiary/aromatic N) is 1. The summed E-state index contributed by atoms with van der Waals surface area (Å²) >= 11 is 5.98. The van der Waals surface area contributed by atoms with Gasteiger partial charge >= 0.3 is 6.03 Å². The Morgan fingerprint density at radius 1 is 1.17 bits per heavy atom. The number of fused-ring (bicyclic) bond motifs is 1. The Hall–Kier alpha value is -1.94. The van der Waals surface area contributed by atoms with E-state index in [1.165, 1.54) is 0 Å². The Balaban J connectivity index is 1.49. The molecule has 2 unspecified atom stereocenters. The van der Waals surface area contributed by atoms with Crippen molar-refractivity contribution >= 4 is 17.6 Å². The Bertz CT molecular complexity index is 725. The topological polar surface area (TPSA) is 45.5 Å². The molecule has 0 saturated carbocycles. The predicted molar refractivity (Wildman–Crippen MR) is 93.1 cm³/mol. The van der Waals surface area contributed by atoms with Crippen molar-refractivity contribution in [2.24, 2.45) is 0 Å². The van der Waals surface area contributed by atoms with Crippen LogP contribution in [0.1, 0.15) is 54.7 Å². The Morgan fingerprint density at radius 2 is 2.00 bits per heavy atom. The number of hydrogen-bond acceptors (Lipinski definition) is 2. The molecule has 2 aliphatic rings. The zero-order chi connectivity index (χ0) is 16.5. The highest BCUT2D eigenvalue weighted by Gasteiger charge is 2.32. The summed E-state index contributed by atoms with van der Waals surface area (Å²) in [7, 11) is 0. The van der Waals surface area contributed by atoms with Crippen LogP contribution in [0.5, 0.6) is 0 Å². The maximum atomic E-state index is 12.9. The van der Waals surface area contributed by atoms with Crippen LogP contribution >= 0.6 is 11.6 Å². The van der Waals surface area contributed by atoms with E-state index in [0.29, 0.717) is 0 Å². The highest BCUT2D eigenvalue weighted by Crippen LogP contribution is 2.34. The maximum absolute atomic E-state index is 12.9. The van der Waals surface area contributed by atoms with Crippen LogP contribution in [0.25, 0.3) is 0 Å². The van der Waals surface area contributed by atoms with Gasteiger partial charge < -0.3 is 14.6 Å². The van der Waals surface area contributed by atoms with Gasteiger partial charge in [-0.15, -0.1) is 0 Å². The maximum Gasteiger partial charge on any atom is 0.318 e. The van der Waals surface area contributed by atoms with Gasteiger partial charge in [-0.3, -0.25) is 0 Å². The first-order chi connectivity index (χ1) is 11.7. The van der Waals surface area contributed by atoms with Crippen LogP contribution in [0.4, 0.5) is 4.79 Å². The molecular formula is C19H21ClN2O2. The minimum Gasteiger partial charge on any atom is -0.469 e. The lowest BCUT2D eigenvalue weighted by Gasteiger charge is -2.29. The number of halogens is 1. The first-order valence-corrected chi connectivity index (χ1v) is 8.99. The first-order valence-electron chi connectivity index (χ1n) is 8.61. The third-order valence-corrected chi connectivity index (χ3v) is 5.37. The smallest absolute Gasteiger partial charge is 0.318 e. The highest BCUT2D eigenvalue weighted by atomic mass is 35.5. The normalized spacial score (nSPS) is 23.1. The second-order valence-corrected chi connectivity index (χ2v) is 7.03. The minimum atomic E-state index is 0.0199. The summed E-state index contributed by atoms with van der Waals surface area (Å²) in [5.74, 6) is 1.02. The third kappa shape index (κ3) is 2.91. The Labute approximate surface area is 146 Å². The molecule has 0 radical (unpaired) electrons. The van der Waals surface area contributed by atoms with Crippen molar-refractivity contribution in [1.29, 1.82) is 0 Å². The molecule has 1 fully saturated rings. The molecular weight excluding hydrogens is 324 g/mol. The van der Waals surface area contributed by atoms with Crippen molar-refractivity contribution in [3.63, 3.8) is 0 Å². The number of aryl methyl sites for hydroxylation is 1. The largest absolute Gasteiger partial charge is 0.469 e. The van der Waals surface area contributed by atoms with Crippen molar-refractivity contribution in [2.45, 2.75) is 44.2 Å². The molecule has 1 aromatic heterocycles. The van der Waals surface area contributed by atoms with Gasteiger partial charge in [0.1, 0.15) is 5.76 Å². The Morgan fingerprint density at radius 3 is 2.83 bits per heavy atom. The zero-order valence-corrected chi connectivity index (χ0v) is 14.3. The number of carbonyl (C=O) groups is 1. The molecule has 4 rings (SSSR count). The number of likely N-dealkylation sites (tertiary alicyclic amines) is 1. The van der Waals surface area contributed by atoms with Crippen molar-refractivity contribution in [3.05, 3.63) is 58.5 Å². The summed E-state index contributed by atoms with van der Waals surface area (Å²) in [6, 6.07) is 10.0. The van der Waals surface area contributed by atoms with E-state index in [0.717, 1.165) is 60.6 Å². The summed E-state index contributed by atoms with van der Waals surface area (Å²) in [5.41, 5.74) is 2.29. The van der Waals surface area contributed by atoms with Gasteiger partial charge in [-0.25, -0.2) is 4.79 Å². The zero-order valence-electron chi connectivity index (χ0n) is 13.5. The van der Waals surface area contributed by atoms with E-state index in [9.17, 15) is 4.79 Å². The molecule has 1 saturated heterocycles. The van der Waals surface area contributed by atoms with Crippen LogP contribution in [0.15, 0.2) is 41.0 Å². The van der Waals surface area contributed by atoms with Gasteiger partial charge in [-0.1, -0.05) is 23.7 Å². The van der Waals surface area contributed by atoms with Crippen molar-refractivity contribution < 1.29 is 9.21 Å². The molecule has 24 heavy (non-hydrogen) atoms. The molecule has 1 N–H and O–H groups in total. The van der Waals surface area contributed by atoms with Gasteiger partial charge in [0.15, 0.2) is 0 Å². The lowest BCUT2D eigenvalue weighted by molar-refractivity contribution is 0.187. The van der Waals surface area contributed by atoms with E-state index in [2.05, 4.69) is 5.32 Å². The molecule has 2 aromatic rings. The van der Waals surface area contributed by atoms with Gasteiger partial charge in [0.2, 0.25) is 0 Å². The lowest BCUT2D eigenvalue weighted by atomic mass is 9.93. The third-order valence-electron chi connectivity index (χ3n) is 5.12. The predicted octanol–water partition coefficient (Wildman–Crippen LogP) is 4.86. The Kier molecular flexibility index (Phi) is 4.23. The molecule has 5 heteroatoms. The van der Waals surface area contributed by atoms with Crippen LogP contribution in [0.2, 0.25) is 5.02 Å². The molecule has 126 valence electrons. The molecule has 0 spiro atoms. The number of amides is 2. The fourth-order valence-corrected chi connectivity index (χ4v) is 4.04. The fourth-order valence-electron chi connectivity index (χ4n) is 3.91. The molecule has 2 heterocycles. The number of carbonyl (C=O) groups excluding carboxylic acids is 1. The van der Waals surface area contributed by atoms with Crippen LogP contribution in [-0.4, -0.2) is 17.5 Å². The van der Waals surface area contributed by atoms with E-state index >= 15 is 0 Å². The van der Waals surface area contributed by atoms with E-state index in [1.54, 1.807) is 6.26 Å². The summed E-state index contributed by atoms with van der Waals surface area (Å²) in [5, 5.41) is 3.94. The monoisotopic (exact) mass is 344 g/mol. The molecule has 0 bridgehead atoms. The molecule has 1 aliphatic carbocycles.